The number of piperidine rings is 2. The Balaban J connectivity index is 1.23. The molecule has 4 aliphatic rings. The van der Waals surface area contributed by atoms with Gasteiger partial charge in [0.1, 0.15) is 0 Å². The molecule has 2 saturated carbocycles. The molecule has 2 aliphatic heterocycles. The lowest BCUT2D eigenvalue weighted by Crippen LogP contribution is -2.61. The monoisotopic (exact) mass is 614 g/mol. The number of likely N-dealkylation sites (tertiary alicyclic amines) is 2. The van der Waals surface area contributed by atoms with Crippen LogP contribution in [0.25, 0.3) is 0 Å². The van der Waals surface area contributed by atoms with Crippen LogP contribution in [0.5, 0.6) is 0 Å². The van der Waals surface area contributed by atoms with Crippen molar-refractivity contribution in [2.24, 2.45) is 11.3 Å². The molecule has 0 radical (unpaired) electrons. The van der Waals surface area contributed by atoms with Crippen LogP contribution in [-0.4, -0.2) is 97.5 Å². The van der Waals surface area contributed by atoms with Crippen LogP contribution in [0.3, 0.4) is 0 Å². The van der Waals surface area contributed by atoms with E-state index in [1.807, 2.05) is 27.3 Å². The van der Waals surface area contributed by atoms with Gasteiger partial charge in [0.2, 0.25) is 11.8 Å². The van der Waals surface area contributed by atoms with E-state index in [0.29, 0.717) is 37.5 Å². The summed E-state index contributed by atoms with van der Waals surface area (Å²) in [6.07, 6.45) is 14.2. The van der Waals surface area contributed by atoms with Crippen molar-refractivity contribution >= 4 is 29.2 Å². The van der Waals surface area contributed by atoms with Crippen molar-refractivity contribution in [3.63, 3.8) is 0 Å². The van der Waals surface area contributed by atoms with E-state index in [2.05, 4.69) is 34.9 Å². The number of carbonyl (C=O) groups excluding carboxylic acids is 3. The second kappa shape index (κ2) is 15.2. The van der Waals surface area contributed by atoms with Crippen molar-refractivity contribution in [1.29, 1.82) is 0 Å². The molecule has 1 aromatic rings. The molecule has 1 spiro atoms. The van der Waals surface area contributed by atoms with E-state index < -0.39 is 5.92 Å². The molecule has 2 saturated heterocycles. The highest BCUT2D eigenvalue weighted by atomic mass is 32.1. The topological polar surface area (TPSA) is 97.0 Å². The van der Waals surface area contributed by atoms with Crippen LogP contribution in [-0.2, 0) is 16.1 Å². The minimum absolute atomic E-state index is 0.0610. The largest absolute Gasteiger partial charge is 0.351 e. The smallest absolute Gasteiger partial charge is 0.317 e. The maximum Gasteiger partial charge on any atom is 0.317 e. The summed E-state index contributed by atoms with van der Waals surface area (Å²) in [5.74, 6) is -0.457. The molecule has 0 bridgehead atoms. The first-order valence-corrected chi connectivity index (χ1v) is 17.7. The van der Waals surface area contributed by atoms with Crippen molar-refractivity contribution < 1.29 is 14.4 Å². The van der Waals surface area contributed by atoms with E-state index in [1.54, 1.807) is 11.3 Å². The van der Waals surface area contributed by atoms with Gasteiger partial charge in [0, 0.05) is 43.1 Å². The van der Waals surface area contributed by atoms with Gasteiger partial charge in [-0.05, 0) is 95.3 Å². The fourth-order valence-corrected chi connectivity index (χ4v) is 7.89. The van der Waals surface area contributed by atoms with Gasteiger partial charge in [-0.15, -0.1) is 11.3 Å². The highest BCUT2D eigenvalue weighted by Gasteiger charge is 2.46. The molecule has 0 unspecified atom stereocenters. The number of rotatable bonds is 12. The second-order valence-corrected chi connectivity index (χ2v) is 14.9. The summed E-state index contributed by atoms with van der Waals surface area (Å²) < 4.78 is 0. The third-order valence-electron chi connectivity index (χ3n) is 10.3. The van der Waals surface area contributed by atoms with E-state index in [0.717, 1.165) is 69.5 Å². The minimum atomic E-state index is -0.481. The fraction of sp³-hybridized carbons (Fsp3) is 0.788. The van der Waals surface area contributed by atoms with Crippen LogP contribution in [0.2, 0.25) is 0 Å². The first-order chi connectivity index (χ1) is 20.8. The first-order valence-electron chi connectivity index (χ1n) is 16.9. The van der Waals surface area contributed by atoms with Crippen LogP contribution >= 0.6 is 11.3 Å². The molecular weight excluding hydrogens is 560 g/mol. The van der Waals surface area contributed by atoms with Crippen molar-refractivity contribution in [1.82, 2.24) is 30.7 Å². The average molecular weight is 615 g/mol. The molecule has 4 amide bonds. The summed E-state index contributed by atoms with van der Waals surface area (Å²) >= 11 is 1.62. The summed E-state index contributed by atoms with van der Waals surface area (Å²) in [4.78, 5) is 48.2. The summed E-state index contributed by atoms with van der Waals surface area (Å²) in [6.45, 7) is 3.96. The third-order valence-corrected chi connectivity index (χ3v) is 11.2. The Bertz CT molecular complexity index is 1050. The molecule has 43 heavy (non-hydrogen) atoms. The molecule has 3 N–H and O–H groups in total. The predicted octanol–water partition coefficient (Wildman–Crippen LogP) is 4.19. The second-order valence-electron chi connectivity index (χ2n) is 13.9. The number of carbonyl (C=O) groups is 3. The highest BCUT2D eigenvalue weighted by molar-refractivity contribution is 7.09. The van der Waals surface area contributed by atoms with Gasteiger partial charge >= 0.3 is 6.03 Å². The van der Waals surface area contributed by atoms with Crippen LogP contribution in [0.4, 0.5) is 4.79 Å². The van der Waals surface area contributed by atoms with Gasteiger partial charge in [0.25, 0.3) is 0 Å². The van der Waals surface area contributed by atoms with Gasteiger partial charge in [0.15, 0.2) is 0 Å². The molecular formula is C33H54N6O3S. The summed E-state index contributed by atoms with van der Waals surface area (Å²) in [5, 5.41) is 12.1. The molecule has 9 nitrogen and oxygen atoms in total. The fourth-order valence-electron chi connectivity index (χ4n) is 7.25. The number of hydrogen-bond donors (Lipinski definition) is 3. The average Bonchev–Trinajstić information content (AvgIpc) is 3.54. The zero-order valence-corrected chi connectivity index (χ0v) is 27.3. The quantitative estimate of drug-likeness (QED) is 0.307. The van der Waals surface area contributed by atoms with Gasteiger partial charge in [-0.25, -0.2) is 4.79 Å². The molecule has 3 heterocycles. The minimum Gasteiger partial charge on any atom is -0.351 e. The lowest BCUT2D eigenvalue weighted by molar-refractivity contribution is -0.138. The van der Waals surface area contributed by atoms with Crippen molar-refractivity contribution in [3.05, 3.63) is 22.4 Å². The number of nitrogens with one attached hydrogen (secondary N) is 3. The molecule has 3 atom stereocenters. The van der Waals surface area contributed by atoms with Crippen LogP contribution in [0, 0.1) is 11.3 Å². The van der Waals surface area contributed by atoms with Crippen LogP contribution < -0.4 is 16.0 Å². The summed E-state index contributed by atoms with van der Waals surface area (Å²) in [7, 11) is 4.18. The number of nitrogens with zero attached hydrogens (tertiary/aromatic N) is 3. The number of hydrogen-bond acceptors (Lipinski definition) is 6. The third kappa shape index (κ3) is 9.17. The Kier molecular flexibility index (Phi) is 11.4. The number of amides is 4. The first kappa shape index (κ1) is 32.2. The van der Waals surface area contributed by atoms with E-state index in [-0.39, 0.29) is 29.9 Å². The number of unbranched alkanes of at least 4 members (excludes halogenated alkanes) is 1. The number of urea groups is 1. The zero-order valence-electron chi connectivity index (χ0n) is 26.5. The van der Waals surface area contributed by atoms with Crippen molar-refractivity contribution in [2.45, 2.75) is 108 Å². The Morgan fingerprint density at radius 3 is 2.44 bits per heavy atom. The van der Waals surface area contributed by atoms with E-state index >= 15 is 0 Å². The highest BCUT2D eigenvalue weighted by Crippen LogP contribution is 2.53. The molecule has 10 heteroatoms. The van der Waals surface area contributed by atoms with E-state index in [1.165, 1.54) is 32.1 Å². The van der Waals surface area contributed by atoms with Crippen LogP contribution in [0.15, 0.2) is 17.5 Å². The normalized spacial score (nSPS) is 24.6. The lowest BCUT2D eigenvalue weighted by atomic mass is 9.89. The molecule has 0 aromatic carbocycles. The van der Waals surface area contributed by atoms with Gasteiger partial charge in [0.05, 0.1) is 18.5 Å². The molecule has 2 aliphatic carbocycles. The van der Waals surface area contributed by atoms with E-state index in [4.69, 9.17) is 0 Å². The predicted molar refractivity (Wildman–Crippen MR) is 172 cm³/mol. The summed E-state index contributed by atoms with van der Waals surface area (Å²) in [6, 6.07) is 3.81. The Labute approximate surface area is 262 Å². The Morgan fingerprint density at radius 1 is 1.00 bits per heavy atom. The maximum atomic E-state index is 14.1. The molecule has 5 rings (SSSR count). The maximum absolute atomic E-state index is 14.1. The van der Waals surface area contributed by atoms with Gasteiger partial charge < -0.3 is 30.7 Å². The zero-order chi connectivity index (χ0) is 30.2. The van der Waals surface area contributed by atoms with Crippen molar-refractivity contribution in [2.75, 3.05) is 46.8 Å². The summed E-state index contributed by atoms with van der Waals surface area (Å²) in [5.41, 5.74) is 0.501. The van der Waals surface area contributed by atoms with Crippen molar-refractivity contribution in [3.8, 4) is 0 Å². The lowest BCUT2D eigenvalue weighted by Gasteiger charge is -2.41. The Hall–Kier alpha value is -2.17. The van der Waals surface area contributed by atoms with Gasteiger partial charge in [-0.3, -0.25) is 9.59 Å². The van der Waals surface area contributed by atoms with Gasteiger partial charge in [-0.2, -0.15) is 0 Å². The van der Waals surface area contributed by atoms with E-state index in [9.17, 15) is 14.4 Å². The molecule has 240 valence electrons. The van der Waals surface area contributed by atoms with Gasteiger partial charge in [-0.1, -0.05) is 31.7 Å². The molecule has 4 fully saturated rings. The molecule has 1 aromatic heterocycles. The Morgan fingerprint density at radius 2 is 1.77 bits per heavy atom. The van der Waals surface area contributed by atoms with Crippen LogP contribution in [0.1, 0.15) is 88.3 Å². The SMILES string of the molecule is CN(C)CCCC[C@@H](NC1CCCCC1)C(=O)N1CC[C@@H](NC(=O)N2CCC3(CC2)CC3)[C@@H](C(=O)NCc2cccs2)C1. The standard InChI is InChI=1S/C33H54N6O3S/c1-37(2)18-7-6-12-29(35-25-9-4-3-5-10-25)31(41)39-19-13-28(27(24-39)30(40)34-23-26-11-8-22-43-26)36-32(42)38-20-16-33(14-15-33)17-21-38/h8,11,22,25,27-29,35H,3-7,9-10,12-21,23-24H2,1-2H3,(H,34,40)(H,36,42)/t27-,28+,29+/m0/s1. The number of thiophene rings is 1.